The lowest BCUT2D eigenvalue weighted by molar-refractivity contribution is -0.142. The van der Waals surface area contributed by atoms with E-state index in [2.05, 4.69) is 5.32 Å². The molecular formula is C23H28N2O3. The Bertz CT molecular complexity index is 781. The number of anilines is 2. The van der Waals surface area contributed by atoms with Crippen molar-refractivity contribution in [1.29, 1.82) is 0 Å². The molecule has 1 amide bonds. The molecule has 0 atom stereocenters. The molecule has 5 heteroatoms. The van der Waals surface area contributed by atoms with E-state index < -0.39 is 5.97 Å². The van der Waals surface area contributed by atoms with Gasteiger partial charge in [-0.05, 0) is 62.4 Å². The number of amides is 1. The molecule has 28 heavy (non-hydrogen) atoms. The summed E-state index contributed by atoms with van der Waals surface area (Å²) in [5, 5.41) is 12.6. The molecule has 0 spiro atoms. The van der Waals surface area contributed by atoms with Gasteiger partial charge in [-0.2, -0.15) is 0 Å². The fourth-order valence-corrected chi connectivity index (χ4v) is 3.82. The average Bonchev–Trinajstić information content (AvgIpc) is 2.71. The zero-order valence-electron chi connectivity index (χ0n) is 16.3. The first-order chi connectivity index (χ1) is 13.6. The Balaban J connectivity index is 1.54. The molecular weight excluding hydrogens is 352 g/mol. The molecule has 1 aliphatic rings. The summed E-state index contributed by atoms with van der Waals surface area (Å²) in [7, 11) is 0. The highest BCUT2D eigenvalue weighted by Gasteiger charge is 2.25. The summed E-state index contributed by atoms with van der Waals surface area (Å²) < 4.78 is 0. The van der Waals surface area contributed by atoms with E-state index in [9.17, 15) is 9.59 Å². The smallest absolute Gasteiger partial charge is 0.306 e. The topological polar surface area (TPSA) is 69.6 Å². The first-order valence-electron chi connectivity index (χ1n) is 10.0. The first-order valence-corrected chi connectivity index (χ1v) is 10.0. The monoisotopic (exact) mass is 380 g/mol. The van der Waals surface area contributed by atoms with Crippen LogP contribution < -0.4 is 10.2 Å². The number of nitrogens with one attached hydrogen (secondary N) is 1. The standard InChI is InChI=1S/C23H28N2O3/c1-2-25(21-6-4-3-5-7-21)22(26)16-17-8-12-19(13-9-17)24-20-14-10-18(11-15-20)23(27)28/h3-9,12-13,18,20,24H,2,10-11,14-16H2,1H3,(H,27,28). The molecule has 0 bridgehead atoms. The minimum atomic E-state index is -0.677. The molecule has 0 unspecified atom stereocenters. The second-order valence-corrected chi connectivity index (χ2v) is 7.38. The van der Waals surface area contributed by atoms with Crippen LogP contribution in [0.1, 0.15) is 38.2 Å². The SMILES string of the molecule is CCN(C(=O)Cc1ccc(NC2CCC(C(=O)O)CC2)cc1)c1ccccc1. The molecule has 1 fully saturated rings. The van der Waals surface area contributed by atoms with E-state index in [1.165, 1.54) is 0 Å². The number of carboxylic acid groups (broad SMARTS) is 1. The predicted octanol–water partition coefficient (Wildman–Crippen LogP) is 4.34. The number of rotatable bonds is 7. The first kappa shape index (κ1) is 19.9. The molecule has 3 rings (SSSR count). The van der Waals surface area contributed by atoms with Gasteiger partial charge in [0.15, 0.2) is 0 Å². The predicted molar refractivity (Wildman–Crippen MR) is 112 cm³/mol. The molecule has 1 aliphatic carbocycles. The number of nitrogens with zero attached hydrogens (tertiary/aromatic N) is 1. The highest BCUT2D eigenvalue weighted by atomic mass is 16.4. The third kappa shape index (κ3) is 5.12. The van der Waals surface area contributed by atoms with Crippen molar-refractivity contribution in [3.63, 3.8) is 0 Å². The van der Waals surface area contributed by atoms with Gasteiger partial charge in [0.05, 0.1) is 12.3 Å². The Morgan fingerprint density at radius 1 is 1.00 bits per heavy atom. The van der Waals surface area contributed by atoms with Gasteiger partial charge in [0.1, 0.15) is 0 Å². The molecule has 2 aromatic carbocycles. The van der Waals surface area contributed by atoms with Crippen LogP contribution >= 0.6 is 0 Å². The number of aliphatic carboxylic acids is 1. The second kappa shape index (κ2) is 9.40. The van der Waals surface area contributed by atoms with E-state index in [1.807, 2.05) is 61.5 Å². The Labute approximate surface area is 166 Å². The minimum Gasteiger partial charge on any atom is -0.481 e. The van der Waals surface area contributed by atoms with Gasteiger partial charge in [-0.1, -0.05) is 30.3 Å². The Hall–Kier alpha value is -2.82. The molecule has 0 radical (unpaired) electrons. The second-order valence-electron chi connectivity index (χ2n) is 7.38. The van der Waals surface area contributed by atoms with Crippen molar-refractivity contribution >= 4 is 23.3 Å². The number of carbonyl (C=O) groups excluding carboxylic acids is 1. The van der Waals surface area contributed by atoms with Crippen LogP contribution in [0.15, 0.2) is 54.6 Å². The van der Waals surface area contributed by atoms with E-state index in [0.717, 1.165) is 42.6 Å². The zero-order chi connectivity index (χ0) is 19.9. The van der Waals surface area contributed by atoms with Crippen LogP contribution in [-0.2, 0) is 16.0 Å². The molecule has 0 aliphatic heterocycles. The van der Waals surface area contributed by atoms with Crippen LogP contribution in [0.3, 0.4) is 0 Å². The maximum Gasteiger partial charge on any atom is 0.306 e. The molecule has 0 heterocycles. The highest BCUT2D eigenvalue weighted by Crippen LogP contribution is 2.27. The van der Waals surface area contributed by atoms with Gasteiger partial charge in [0.2, 0.25) is 5.91 Å². The Kier molecular flexibility index (Phi) is 6.69. The normalized spacial score (nSPS) is 19.0. The van der Waals surface area contributed by atoms with Crippen LogP contribution in [0.2, 0.25) is 0 Å². The lowest BCUT2D eigenvalue weighted by atomic mass is 9.86. The van der Waals surface area contributed by atoms with E-state index in [-0.39, 0.29) is 11.8 Å². The van der Waals surface area contributed by atoms with Gasteiger partial charge in [0, 0.05) is 24.0 Å². The van der Waals surface area contributed by atoms with Crippen LogP contribution in [0, 0.1) is 5.92 Å². The van der Waals surface area contributed by atoms with Gasteiger partial charge in [0.25, 0.3) is 0 Å². The molecule has 5 nitrogen and oxygen atoms in total. The van der Waals surface area contributed by atoms with Gasteiger partial charge < -0.3 is 15.3 Å². The van der Waals surface area contributed by atoms with Crippen molar-refractivity contribution in [3.05, 3.63) is 60.2 Å². The quantitative estimate of drug-likeness (QED) is 0.750. The number of para-hydroxylation sites is 1. The van der Waals surface area contributed by atoms with E-state index in [1.54, 1.807) is 4.90 Å². The Morgan fingerprint density at radius 3 is 2.21 bits per heavy atom. The molecule has 1 saturated carbocycles. The third-order valence-corrected chi connectivity index (χ3v) is 5.44. The number of hydrogen-bond donors (Lipinski definition) is 2. The van der Waals surface area contributed by atoms with E-state index >= 15 is 0 Å². The van der Waals surface area contributed by atoms with Crippen LogP contribution in [0.25, 0.3) is 0 Å². The summed E-state index contributed by atoms with van der Waals surface area (Å²) in [6.45, 7) is 2.62. The maximum atomic E-state index is 12.7. The van der Waals surface area contributed by atoms with Crippen molar-refractivity contribution in [2.45, 2.75) is 45.1 Å². The van der Waals surface area contributed by atoms with Crippen molar-refractivity contribution in [3.8, 4) is 0 Å². The number of likely N-dealkylation sites (N-methyl/N-ethyl adjacent to an activating group) is 1. The summed E-state index contributed by atoms with van der Waals surface area (Å²) in [5.41, 5.74) is 2.93. The summed E-state index contributed by atoms with van der Waals surface area (Å²) in [4.78, 5) is 25.5. The van der Waals surface area contributed by atoms with Crippen LogP contribution in [-0.4, -0.2) is 29.6 Å². The lowest BCUT2D eigenvalue weighted by Gasteiger charge is -2.27. The average molecular weight is 380 g/mol. The van der Waals surface area contributed by atoms with Crippen molar-refractivity contribution in [1.82, 2.24) is 0 Å². The summed E-state index contributed by atoms with van der Waals surface area (Å²) in [6.07, 6.45) is 3.57. The van der Waals surface area contributed by atoms with Gasteiger partial charge in [-0.25, -0.2) is 0 Å². The molecule has 0 saturated heterocycles. The maximum absolute atomic E-state index is 12.7. The molecule has 148 valence electrons. The lowest BCUT2D eigenvalue weighted by Crippen LogP contribution is -2.32. The number of carbonyl (C=O) groups is 2. The third-order valence-electron chi connectivity index (χ3n) is 5.44. The molecule has 0 aromatic heterocycles. The van der Waals surface area contributed by atoms with E-state index in [4.69, 9.17) is 5.11 Å². The summed E-state index contributed by atoms with van der Waals surface area (Å²) in [6, 6.07) is 18.0. The van der Waals surface area contributed by atoms with Crippen molar-refractivity contribution < 1.29 is 14.7 Å². The van der Waals surface area contributed by atoms with Crippen LogP contribution in [0.5, 0.6) is 0 Å². The number of benzene rings is 2. The largest absolute Gasteiger partial charge is 0.481 e. The molecule has 2 N–H and O–H groups in total. The van der Waals surface area contributed by atoms with Gasteiger partial charge in [-0.3, -0.25) is 9.59 Å². The number of carboxylic acids is 1. The van der Waals surface area contributed by atoms with Gasteiger partial charge >= 0.3 is 5.97 Å². The van der Waals surface area contributed by atoms with Crippen molar-refractivity contribution in [2.75, 3.05) is 16.8 Å². The molecule has 2 aromatic rings. The Morgan fingerprint density at radius 2 is 1.64 bits per heavy atom. The van der Waals surface area contributed by atoms with Crippen molar-refractivity contribution in [2.24, 2.45) is 5.92 Å². The number of hydrogen-bond acceptors (Lipinski definition) is 3. The summed E-state index contributed by atoms with van der Waals surface area (Å²) in [5.74, 6) is -0.789. The fourth-order valence-electron chi connectivity index (χ4n) is 3.82. The van der Waals surface area contributed by atoms with Crippen LogP contribution in [0.4, 0.5) is 11.4 Å². The summed E-state index contributed by atoms with van der Waals surface area (Å²) >= 11 is 0. The highest BCUT2D eigenvalue weighted by molar-refractivity contribution is 5.94. The van der Waals surface area contributed by atoms with Gasteiger partial charge in [-0.15, -0.1) is 0 Å². The fraction of sp³-hybridized carbons (Fsp3) is 0.391. The zero-order valence-corrected chi connectivity index (χ0v) is 16.3. The van der Waals surface area contributed by atoms with E-state index in [0.29, 0.717) is 19.0 Å². The minimum absolute atomic E-state index is 0.0846.